The number of carbonyl (C=O) groups excluding carboxylic acids is 1. The SMILES string of the molecule is CCC(C)N(C/C=C/C(C)=O)/N=N\N. The number of hydrogen-bond acceptors (Lipinski definition) is 3. The Morgan fingerprint density at radius 3 is 2.71 bits per heavy atom. The highest BCUT2D eigenvalue weighted by molar-refractivity contribution is 5.87. The molecule has 0 amide bonds. The van der Waals surface area contributed by atoms with Crippen molar-refractivity contribution >= 4 is 5.78 Å². The lowest BCUT2D eigenvalue weighted by molar-refractivity contribution is -0.112. The molecule has 0 bridgehead atoms. The molecule has 5 nitrogen and oxygen atoms in total. The topological polar surface area (TPSA) is 71.0 Å². The van der Waals surface area contributed by atoms with E-state index in [1.807, 2.05) is 6.92 Å². The number of carbonyl (C=O) groups is 1. The zero-order chi connectivity index (χ0) is 11.0. The van der Waals surface area contributed by atoms with Crippen LogP contribution in [0.4, 0.5) is 0 Å². The molecular weight excluding hydrogens is 180 g/mol. The molecule has 0 aliphatic heterocycles. The smallest absolute Gasteiger partial charge is 0.152 e. The molecule has 5 heteroatoms. The van der Waals surface area contributed by atoms with Gasteiger partial charge in [-0.25, -0.2) is 0 Å². The molecule has 0 radical (unpaired) electrons. The number of nitrogens with two attached hydrogens (primary N) is 1. The Balaban J connectivity index is 4.16. The van der Waals surface area contributed by atoms with Crippen molar-refractivity contribution in [1.29, 1.82) is 0 Å². The molecule has 1 unspecified atom stereocenters. The minimum absolute atomic E-state index is 0.0267. The van der Waals surface area contributed by atoms with E-state index in [1.165, 1.54) is 13.0 Å². The summed E-state index contributed by atoms with van der Waals surface area (Å²) in [6.07, 6.45) is 4.22. The summed E-state index contributed by atoms with van der Waals surface area (Å²) in [5, 5.41) is 8.74. The Hall–Kier alpha value is -1.39. The van der Waals surface area contributed by atoms with E-state index in [4.69, 9.17) is 5.84 Å². The maximum Gasteiger partial charge on any atom is 0.152 e. The van der Waals surface area contributed by atoms with Crippen LogP contribution in [0.2, 0.25) is 0 Å². The first kappa shape index (κ1) is 12.6. The molecule has 14 heavy (non-hydrogen) atoms. The largest absolute Gasteiger partial charge is 0.303 e. The van der Waals surface area contributed by atoms with Crippen molar-refractivity contribution in [2.75, 3.05) is 6.54 Å². The van der Waals surface area contributed by atoms with E-state index < -0.39 is 0 Å². The van der Waals surface area contributed by atoms with Crippen molar-refractivity contribution < 1.29 is 4.79 Å². The molecule has 0 fully saturated rings. The van der Waals surface area contributed by atoms with Crippen LogP contribution in [0.3, 0.4) is 0 Å². The van der Waals surface area contributed by atoms with E-state index in [0.717, 1.165) is 6.42 Å². The zero-order valence-electron chi connectivity index (χ0n) is 8.97. The second-order valence-electron chi connectivity index (χ2n) is 3.10. The minimum atomic E-state index is 0.0267. The van der Waals surface area contributed by atoms with Crippen molar-refractivity contribution in [1.82, 2.24) is 5.01 Å². The highest BCUT2D eigenvalue weighted by atomic mass is 16.1. The van der Waals surface area contributed by atoms with Gasteiger partial charge in [0.05, 0.1) is 6.54 Å². The van der Waals surface area contributed by atoms with Gasteiger partial charge in [0.25, 0.3) is 0 Å². The van der Waals surface area contributed by atoms with Crippen molar-refractivity contribution in [2.45, 2.75) is 33.2 Å². The third-order valence-corrected chi connectivity index (χ3v) is 1.91. The molecule has 0 saturated carbocycles. The first-order valence-electron chi connectivity index (χ1n) is 4.66. The minimum Gasteiger partial charge on any atom is -0.303 e. The summed E-state index contributed by atoms with van der Waals surface area (Å²) < 4.78 is 0. The van der Waals surface area contributed by atoms with Crippen LogP contribution in [-0.4, -0.2) is 23.4 Å². The summed E-state index contributed by atoms with van der Waals surface area (Å²) in [6.45, 7) is 6.14. The summed E-state index contributed by atoms with van der Waals surface area (Å²) in [7, 11) is 0. The van der Waals surface area contributed by atoms with Gasteiger partial charge in [-0.15, -0.1) is 0 Å². The predicted octanol–water partition coefficient (Wildman–Crippen LogP) is 1.47. The van der Waals surface area contributed by atoms with Gasteiger partial charge < -0.3 is 5.84 Å². The van der Waals surface area contributed by atoms with Crippen molar-refractivity contribution in [2.24, 2.45) is 16.3 Å². The quantitative estimate of drug-likeness (QED) is 0.304. The Kier molecular flexibility index (Phi) is 6.36. The van der Waals surface area contributed by atoms with Gasteiger partial charge in [-0.2, -0.15) is 0 Å². The highest BCUT2D eigenvalue weighted by Gasteiger charge is 2.07. The molecule has 0 aromatic carbocycles. The Morgan fingerprint density at radius 1 is 1.64 bits per heavy atom. The molecule has 0 aliphatic carbocycles. The Bertz CT molecular complexity index is 225. The van der Waals surface area contributed by atoms with E-state index >= 15 is 0 Å². The standard InChI is InChI=1S/C9H18N4O/c1-4-8(2)13(12-11-10)7-5-6-9(3)14/h5-6,8H,4,7H2,1-3H3,(H2,10,12)/b6-5+. The van der Waals surface area contributed by atoms with Gasteiger partial charge in [0.2, 0.25) is 0 Å². The van der Waals surface area contributed by atoms with Crippen LogP contribution in [0, 0.1) is 0 Å². The van der Waals surface area contributed by atoms with E-state index in [2.05, 4.69) is 17.4 Å². The molecule has 2 N–H and O–H groups in total. The average Bonchev–Trinajstić information content (AvgIpc) is 2.15. The average molecular weight is 198 g/mol. The summed E-state index contributed by atoms with van der Waals surface area (Å²) in [4.78, 5) is 10.6. The van der Waals surface area contributed by atoms with Crippen LogP contribution in [0.5, 0.6) is 0 Å². The fraction of sp³-hybridized carbons (Fsp3) is 0.667. The number of nitrogens with zero attached hydrogens (tertiary/aromatic N) is 3. The van der Waals surface area contributed by atoms with E-state index in [9.17, 15) is 4.79 Å². The number of ketones is 1. The van der Waals surface area contributed by atoms with E-state index in [-0.39, 0.29) is 11.8 Å². The molecule has 0 aromatic heterocycles. The first-order chi connectivity index (χ1) is 6.61. The van der Waals surface area contributed by atoms with Crippen LogP contribution in [0.25, 0.3) is 0 Å². The van der Waals surface area contributed by atoms with Gasteiger partial charge in [-0.1, -0.05) is 23.4 Å². The van der Waals surface area contributed by atoms with Crippen molar-refractivity contribution in [3.05, 3.63) is 12.2 Å². The predicted molar refractivity (Wildman–Crippen MR) is 55.3 cm³/mol. The molecule has 0 rings (SSSR count). The summed E-state index contributed by atoms with van der Waals surface area (Å²) in [6, 6.07) is 0.263. The van der Waals surface area contributed by atoms with Crippen LogP contribution >= 0.6 is 0 Å². The van der Waals surface area contributed by atoms with Crippen LogP contribution in [0.1, 0.15) is 27.2 Å². The summed E-state index contributed by atoms with van der Waals surface area (Å²) in [5.74, 6) is 5.01. The fourth-order valence-corrected chi connectivity index (χ4v) is 0.908. The maximum absolute atomic E-state index is 10.6. The Morgan fingerprint density at radius 2 is 2.29 bits per heavy atom. The fourth-order valence-electron chi connectivity index (χ4n) is 0.908. The van der Waals surface area contributed by atoms with Gasteiger partial charge in [-0.05, 0) is 26.3 Å². The first-order valence-corrected chi connectivity index (χ1v) is 4.66. The van der Waals surface area contributed by atoms with Gasteiger partial charge in [0, 0.05) is 6.04 Å². The summed E-state index contributed by atoms with van der Waals surface area (Å²) in [5.41, 5.74) is 0. The molecule has 0 aromatic rings. The second-order valence-corrected chi connectivity index (χ2v) is 3.10. The van der Waals surface area contributed by atoms with E-state index in [0.29, 0.717) is 6.54 Å². The van der Waals surface area contributed by atoms with Crippen LogP contribution in [0.15, 0.2) is 22.6 Å². The monoisotopic (exact) mass is 198 g/mol. The molecule has 0 heterocycles. The van der Waals surface area contributed by atoms with Crippen molar-refractivity contribution in [3.63, 3.8) is 0 Å². The van der Waals surface area contributed by atoms with Gasteiger partial charge in [0.15, 0.2) is 5.78 Å². The van der Waals surface area contributed by atoms with Gasteiger partial charge in [0.1, 0.15) is 0 Å². The van der Waals surface area contributed by atoms with Crippen molar-refractivity contribution in [3.8, 4) is 0 Å². The molecule has 0 saturated heterocycles. The second kappa shape index (κ2) is 7.06. The maximum atomic E-state index is 10.6. The van der Waals surface area contributed by atoms with Crippen LogP contribution < -0.4 is 5.84 Å². The van der Waals surface area contributed by atoms with Gasteiger partial charge in [-0.3, -0.25) is 9.80 Å². The molecule has 1 atom stereocenters. The third-order valence-electron chi connectivity index (χ3n) is 1.91. The van der Waals surface area contributed by atoms with E-state index in [1.54, 1.807) is 11.1 Å². The van der Waals surface area contributed by atoms with Crippen LogP contribution in [-0.2, 0) is 4.79 Å². The number of allylic oxidation sites excluding steroid dienone is 1. The lowest BCUT2D eigenvalue weighted by Crippen LogP contribution is -2.27. The molecule has 0 spiro atoms. The number of rotatable bonds is 6. The lowest BCUT2D eigenvalue weighted by Gasteiger charge is -2.21. The normalized spacial score (nSPS) is 13.6. The Labute approximate surface area is 84.6 Å². The third kappa shape index (κ3) is 5.29. The zero-order valence-corrected chi connectivity index (χ0v) is 8.97. The van der Waals surface area contributed by atoms with Gasteiger partial charge >= 0.3 is 0 Å². The molecule has 80 valence electrons. The molecular formula is C9H18N4O. The number of hydrogen-bond donors (Lipinski definition) is 1. The lowest BCUT2D eigenvalue weighted by atomic mass is 10.2. The highest BCUT2D eigenvalue weighted by Crippen LogP contribution is 2.03. The summed E-state index contributed by atoms with van der Waals surface area (Å²) >= 11 is 0. The molecule has 0 aliphatic rings.